The number of hydrogen-bond donors (Lipinski definition) is 4. The molecule has 0 bridgehead atoms. The van der Waals surface area contributed by atoms with Gasteiger partial charge in [0.05, 0.1) is 24.2 Å². The van der Waals surface area contributed by atoms with Crippen molar-refractivity contribution in [1.82, 2.24) is 10.3 Å². The predicted molar refractivity (Wildman–Crippen MR) is 124 cm³/mol. The van der Waals surface area contributed by atoms with Crippen LogP contribution in [0.3, 0.4) is 0 Å². The van der Waals surface area contributed by atoms with E-state index in [4.69, 9.17) is 5.11 Å². The van der Waals surface area contributed by atoms with Crippen molar-refractivity contribution in [2.75, 3.05) is 23.7 Å². The third kappa shape index (κ3) is 5.33. The van der Waals surface area contributed by atoms with Gasteiger partial charge in [0.1, 0.15) is 5.82 Å². The summed E-state index contributed by atoms with van der Waals surface area (Å²) in [6, 6.07) is 14.7. The van der Waals surface area contributed by atoms with Crippen LogP contribution in [0, 0.1) is 5.92 Å². The summed E-state index contributed by atoms with van der Waals surface area (Å²) in [5, 5.41) is 20.0. The molecule has 2 heterocycles. The third-order valence-electron chi connectivity index (χ3n) is 6.01. The number of carbonyl (C=O) groups is 1. The second-order valence-corrected chi connectivity index (χ2v) is 8.34. The Balaban J connectivity index is 1.47. The molecule has 0 spiro atoms. The van der Waals surface area contributed by atoms with Crippen molar-refractivity contribution >= 4 is 17.5 Å². The van der Waals surface area contributed by atoms with Gasteiger partial charge < -0.3 is 21.1 Å². The summed E-state index contributed by atoms with van der Waals surface area (Å²) in [7, 11) is 0. The van der Waals surface area contributed by atoms with Crippen molar-refractivity contribution in [3.8, 4) is 0 Å². The normalized spacial score (nSPS) is 19.7. The van der Waals surface area contributed by atoms with Crippen molar-refractivity contribution in [2.24, 2.45) is 5.92 Å². The molecule has 4 N–H and O–H groups in total. The minimum atomic E-state index is -0.757. The monoisotopic (exact) mass is 418 g/mol. The molecule has 6 nitrogen and oxygen atoms in total. The van der Waals surface area contributed by atoms with Crippen LogP contribution in [0.15, 0.2) is 72.0 Å². The van der Waals surface area contributed by atoms with Crippen molar-refractivity contribution in [3.63, 3.8) is 0 Å². The topological polar surface area (TPSA) is 86.3 Å². The van der Waals surface area contributed by atoms with Gasteiger partial charge in [0.25, 0.3) is 0 Å². The van der Waals surface area contributed by atoms with E-state index in [-0.39, 0.29) is 24.4 Å². The summed E-state index contributed by atoms with van der Waals surface area (Å²) in [5.41, 5.74) is 4.50. The maximum Gasteiger partial charge on any atom is 0.307 e. The predicted octanol–water partition coefficient (Wildman–Crippen LogP) is 4.38. The number of pyridine rings is 1. The van der Waals surface area contributed by atoms with E-state index in [2.05, 4.69) is 64.3 Å². The average molecular weight is 419 g/mol. The first-order valence-corrected chi connectivity index (χ1v) is 10.9. The second-order valence-electron chi connectivity index (χ2n) is 8.34. The summed E-state index contributed by atoms with van der Waals surface area (Å²) in [6.45, 7) is 3.80. The number of rotatable bonds is 8. The number of carboxylic acids is 1. The van der Waals surface area contributed by atoms with Gasteiger partial charge in [-0.1, -0.05) is 55.0 Å². The Kier molecular flexibility index (Phi) is 6.67. The number of fused-ring (bicyclic) bond motifs is 1. The summed E-state index contributed by atoms with van der Waals surface area (Å²) in [4.78, 5) is 15.6. The minimum absolute atomic E-state index is 0.109. The zero-order valence-corrected chi connectivity index (χ0v) is 17.8. The van der Waals surface area contributed by atoms with Gasteiger partial charge in [-0.05, 0) is 42.0 Å². The number of nitrogens with one attached hydrogen (secondary N) is 3. The first-order valence-electron chi connectivity index (χ1n) is 10.9. The van der Waals surface area contributed by atoms with E-state index >= 15 is 0 Å². The molecule has 0 saturated heterocycles. The first-order chi connectivity index (χ1) is 15.1. The summed E-state index contributed by atoms with van der Waals surface area (Å²) < 4.78 is 0. The Labute approximate surface area is 183 Å². The number of carboxylic acid groups (broad SMARTS) is 1. The van der Waals surface area contributed by atoms with Gasteiger partial charge in [0.15, 0.2) is 0 Å². The number of benzene rings is 1. The highest BCUT2D eigenvalue weighted by molar-refractivity contribution is 5.70. The molecule has 4 rings (SSSR count). The Morgan fingerprint density at radius 1 is 1.26 bits per heavy atom. The van der Waals surface area contributed by atoms with Gasteiger partial charge in [-0.3, -0.25) is 4.79 Å². The minimum Gasteiger partial charge on any atom is -0.481 e. The summed E-state index contributed by atoms with van der Waals surface area (Å²) in [6.07, 6.45) is 8.02. The number of hydrogen-bond acceptors (Lipinski definition) is 5. The SMILES string of the molecule is C[C@H](CN[C@H](c1ccccc1)[C@H]1CNc2cccnc2N1)C1=CCCC(CC(=O)O)=C1. The molecule has 2 aromatic rings. The maximum absolute atomic E-state index is 11.1. The van der Waals surface area contributed by atoms with E-state index < -0.39 is 5.97 Å². The molecule has 1 aliphatic carbocycles. The largest absolute Gasteiger partial charge is 0.481 e. The third-order valence-corrected chi connectivity index (χ3v) is 6.01. The zero-order valence-electron chi connectivity index (χ0n) is 17.8. The Bertz CT molecular complexity index is 970. The summed E-state index contributed by atoms with van der Waals surface area (Å²) in [5.74, 6) is 0.412. The van der Waals surface area contributed by atoms with Crippen LogP contribution in [-0.2, 0) is 4.79 Å². The molecule has 0 amide bonds. The standard InChI is InChI=1S/C25H30N4O2/c1-17(20-10-5-7-18(13-20)14-23(30)31)15-28-24(19-8-3-2-4-9-19)22-16-27-21-11-6-12-26-25(21)29-22/h2-4,6,8-13,17,22,24,27-28H,5,7,14-16H2,1H3,(H,26,29)(H,30,31)/t17-,22-,24-/m1/s1. The zero-order chi connectivity index (χ0) is 21.6. The fourth-order valence-electron chi connectivity index (χ4n) is 4.35. The molecular weight excluding hydrogens is 388 g/mol. The molecule has 3 atom stereocenters. The van der Waals surface area contributed by atoms with E-state index in [0.29, 0.717) is 0 Å². The smallest absolute Gasteiger partial charge is 0.307 e. The van der Waals surface area contributed by atoms with Crippen molar-refractivity contribution in [3.05, 3.63) is 77.5 Å². The highest BCUT2D eigenvalue weighted by Crippen LogP contribution is 2.29. The second kappa shape index (κ2) is 9.79. The Morgan fingerprint density at radius 2 is 2.10 bits per heavy atom. The van der Waals surface area contributed by atoms with Gasteiger partial charge in [0, 0.05) is 19.3 Å². The number of nitrogens with zero attached hydrogens (tertiary/aromatic N) is 1. The number of allylic oxidation sites excluding steroid dienone is 2. The van der Waals surface area contributed by atoms with Crippen LogP contribution in [0.4, 0.5) is 11.5 Å². The molecule has 2 aliphatic rings. The number of aliphatic carboxylic acids is 1. The van der Waals surface area contributed by atoms with E-state index in [1.54, 1.807) is 6.20 Å². The van der Waals surface area contributed by atoms with Crippen LogP contribution >= 0.6 is 0 Å². The fourth-order valence-corrected chi connectivity index (χ4v) is 4.35. The summed E-state index contributed by atoms with van der Waals surface area (Å²) >= 11 is 0. The Morgan fingerprint density at radius 3 is 2.90 bits per heavy atom. The first kappa shape index (κ1) is 21.1. The maximum atomic E-state index is 11.1. The van der Waals surface area contributed by atoms with Crippen LogP contribution in [0.5, 0.6) is 0 Å². The van der Waals surface area contributed by atoms with Crippen molar-refractivity contribution in [2.45, 2.75) is 38.3 Å². The van der Waals surface area contributed by atoms with Gasteiger partial charge in [-0.2, -0.15) is 0 Å². The van der Waals surface area contributed by atoms with Crippen LogP contribution in [0.1, 0.15) is 37.8 Å². The van der Waals surface area contributed by atoms with Crippen LogP contribution in [-0.4, -0.2) is 35.2 Å². The number of aromatic nitrogens is 1. The molecule has 1 aromatic heterocycles. The molecule has 0 fully saturated rings. The van der Waals surface area contributed by atoms with E-state index in [9.17, 15) is 4.79 Å². The molecule has 0 radical (unpaired) electrons. The Hall–Kier alpha value is -3.12. The van der Waals surface area contributed by atoms with Crippen molar-refractivity contribution in [1.29, 1.82) is 0 Å². The lowest BCUT2D eigenvalue weighted by atomic mass is 9.89. The highest BCUT2D eigenvalue weighted by atomic mass is 16.4. The fraction of sp³-hybridized carbons (Fsp3) is 0.360. The lowest BCUT2D eigenvalue weighted by Gasteiger charge is -2.35. The van der Waals surface area contributed by atoms with Gasteiger partial charge in [-0.25, -0.2) is 4.98 Å². The quantitative estimate of drug-likeness (QED) is 0.509. The molecule has 1 aromatic carbocycles. The van der Waals surface area contributed by atoms with Gasteiger partial charge in [-0.15, -0.1) is 0 Å². The molecule has 0 unspecified atom stereocenters. The van der Waals surface area contributed by atoms with Crippen LogP contribution < -0.4 is 16.0 Å². The van der Waals surface area contributed by atoms with Gasteiger partial charge >= 0.3 is 5.97 Å². The lowest BCUT2D eigenvalue weighted by Crippen LogP contribution is -2.45. The van der Waals surface area contributed by atoms with E-state index in [0.717, 1.165) is 43.0 Å². The molecule has 6 heteroatoms. The lowest BCUT2D eigenvalue weighted by molar-refractivity contribution is -0.136. The molecular formula is C25H30N4O2. The average Bonchev–Trinajstić information content (AvgIpc) is 2.79. The molecule has 1 aliphatic heterocycles. The van der Waals surface area contributed by atoms with Gasteiger partial charge in [0.2, 0.25) is 0 Å². The van der Waals surface area contributed by atoms with Crippen molar-refractivity contribution < 1.29 is 9.90 Å². The van der Waals surface area contributed by atoms with Crippen LogP contribution in [0.25, 0.3) is 0 Å². The molecule has 0 saturated carbocycles. The highest BCUT2D eigenvalue weighted by Gasteiger charge is 2.28. The van der Waals surface area contributed by atoms with E-state index in [1.165, 1.54) is 11.1 Å². The molecule has 31 heavy (non-hydrogen) atoms. The van der Waals surface area contributed by atoms with Crippen LogP contribution in [0.2, 0.25) is 0 Å². The molecule has 162 valence electrons. The number of anilines is 2. The van der Waals surface area contributed by atoms with E-state index in [1.807, 2.05) is 18.2 Å².